The number of fused-ring (bicyclic) bond motifs is 5. The second-order valence-electron chi connectivity index (χ2n) is 12.9. The highest BCUT2D eigenvalue weighted by molar-refractivity contribution is 14.1. The highest BCUT2D eigenvalue weighted by atomic mass is 127. The molecule has 196 valence electrons. The Bertz CT molecular complexity index is 756. The summed E-state index contributed by atoms with van der Waals surface area (Å²) in [4.78, 5) is 12.3. The molecule has 0 amide bonds. The van der Waals surface area contributed by atoms with Crippen LogP contribution in [0.4, 0.5) is 13.2 Å². The minimum Gasteiger partial charge on any atom is -0.455 e. The molecule has 0 aromatic rings. The first-order valence-electron chi connectivity index (χ1n) is 13.7. The largest absolute Gasteiger partial charge is 0.490 e. The van der Waals surface area contributed by atoms with E-state index in [1.54, 1.807) is 0 Å². The van der Waals surface area contributed by atoms with Gasteiger partial charge < -0.3 is 4.74 Å². The van der Waals surface area contributed by atoms with Crippen LogP contribution in [0.1, 0.15) is 92.4 Å². The van der Waals surface area contributed by atoms with Gasteiger partial charge in [-0.3, -0.25) is 0 Å². The van der Waals surface area contributed by atoms with Gasteiger partial charge in [-0.2, -0.15) is 13.2 Å². The average molecular weight is 597 g/mol. The van der Waals surface area contributed by atoms with E-state index < -0.39 is 18.2 Å². The number of carbonyl (C=O) groups excluding carboxylic acids is 1. The first-order valence-corrected chi connectivity index (χ1v) is 15.2. The summed E-state index contributed by atoms with van der Waals surface area (Å²) < 4.78 is 47.1. The maximum atomic E-state index is 13.5. The summed E-state index contributed by atoms with van der Waals surface area (Å²) in [6.45, 7) is 11.6. The van der Waals surface area contributed by atoms with Crippen molar-refractivity contribution in [3.63, 3.8) is 0 Å². The minimum absolute atomic E-state index is 0.0217. The number of alkyl halides is 4. The molecule has 0 aromatic heterocycles. The normalized spacial score (nSPS) is 47.3. The molecule has 0 aliphatic heterocycles. The van der Waals surface area contributed by atoms with Crippen LogP contribution in [-0.4, -0.2) is 22.7 Å². The third-order valence-corrected chi connectivity index (χ3v) is 12.1. The van der Waals surface area contributed by atoms with E-state index in [0.29, 0.717) is 35.5 Å². The third-order valence-electron chi connectivity index (χ3n) is 11.4. The van der Waals surface area contributed by atoms with Gasteiger partial charge in [-0.15, -0.1) is 0 Å². The lowest BCUT2D eigenvalue weighted by atomic mass is 9.41. The van der Waals surface area contributed by atoms with E-state index in [1.807, 2.05) is 0 Å². The third kappa shape index (κ3) is 4.36. The number of hydrogen-bond acceptors (Lipinski definition) is 2. The molecule has 4 aliphatic rings. The summed E-state index contributed by atoms with van der Waals surface area (Å²) >= 11 is 2.46. The molecule has 2 nitrogen and oxygen atoms in total. The van der Waals surface area contributed by atoms with Gasteiger partial charge in [0.15, 0.2) is 0 Å². The maximum Gasteiger partial charge on any atom is 0.490 e. The zero-order chi connectivity index (χ0) is 25.1. The second-order valence-corrected chi connectivity index (χ2v) is 14.0. The monoisotopic (exact) mass is 596 g/mol. The molecule has 4 rings (SSSR count). The molecule has 0 aromatic carbocycles. The summed E-state index contributed by atoms with van der Waals surface area (Å²) in [6.07, 6.45) is 4.34. The number of halogens is 4. The Labute approximate surface area is 218 Å². The topological polar surface area (TPSA) is 26.3 Å². The summed E-state index contributed by atoms with van der Waals surface area (Å²) in [6, 6.07) is 0. The van der Waals surface area contributed by atoms with E-state index in [2.05, 4.69) is 57.2 Å². The predicted octanol–water partition coefficient (Wildman–Crippen LogP) is 8.46. The van der Waals surface area contributed by atoms with Crippen molar-refractivity contribution in [3.05, 3.63) is 0 Å². The Morgan fingerprint density at radius 2 is 1.71 bits per heavy atom. The standard InChI is InChI=1S/C28H44F3IO2/c1-6-18-22-15-16(2)9-12-27(22,5)21-10-13-26(4)19(17(3)11-14-32)7-8-20(26)23(21)24(18)34-25(33)28(29,30)31/h16-24H,6-15H2,1-5H3/t16-,17-,18-,19-,20?,21?,22+,23?,24?,26-,27-/m1/s1. The molecular formula is C28H44F3IO2. The number of esters is 1. The lowest BCUT2D eigenvalue weighted by molar-refractivity contribution is -0.240. The van der Waals surface area contributed by atoms with Gasteiger partial charge in [0.05, 0.1) is 0 Å². The van der Waals surface area contributed by atoms with E-state index in [4.69, 9.17) is 4.74 Å². The Hall–Kier alpha value is -0.0100. The van der Waals surface area contributed by atoms with Crippen LogP contribution < -0.4 is 0 Å². The lowest BCUT2D eigenvalue weighted by Crippen LogP contribution is -2.63. The van der Waals surface area contributed by atoms with Crippen molar-refractivity contribution in [2.75, 3.05) is 4.43 Å². The van der Waals surface area contributed by atoms with Crippen LogP contribution >= 0.6 is 22.6 Å². The SMILES string of the molecule is CC[C@H]1C(OC(=O)C(F)(F)F)C2C3CC[C@H]([C@H](C)CCI)[C@@]3(C)CCC2[C@@]2(C)CC[C@@H](C)C[C@@H]12. The smallest absolute Gasteiger partial charge is 0.455 e. The second kappa shape index (κ2) is 9.70. The predicted molar refractivity (Wildman–Crippen MR) is 138 cm³/mol. The molecular weight excluding hydrogens is 552 g/mol. The van der Waals surface area contributed by atoms with Gasteiger partial charge >= 0.3 is 12.1 Å². The van der Waals surface area contributed by atoms with Crippen LogP contribution in [0.15, 0.2) is 0 Å². The minimum atomic E-state index is -4.93. The Morgan fingerprint density at radius 3 is 2.32 bits per heavy atom. The quantitative estimate of drug-likeness (QED) is 0.181. The van der Waals surface area contributed by atoms with Crippen LogP contribution in [0, 0.1) is 58.2 Å². The molecule has 4 saturated carbocycles. The first-order chi connectivity index (χ1) is 15.9. The summed E-state index contributed by atoms with van der Waals surface area (Å²) in [5.74, 6) is 0.987. The van der Waals surface area contributed by atoms with E-state index in [0.717, 1.165) is 43.0 Å². The molecule has 0 N–H and O–H groups in total. The molecule has 0 bridgehead atoms. The van der Waals surface area contributed by atoms with Gasteiger partial charge in [0.25, 0.3) is 0 Å². The van der Waals surface area contributed by atoms with Crippen molar-refractivity contribution >= 4 is 28.6 Å². The van der Waals surface area contributed by atoms with Crippen molar-refractivity contribution in [1.29, 1.82) is 0 Å². The van der Waals surface area contributed by atoms with Crippen LogP contribution in [0.25, 0.3) is 0 Å². The molecule has 4 aliphatic carbocycles. The van der Waals surface area contributed by atoms with Crippen LogP contribution in [0.3, 0.4) is 0 Å². The van der Waals surface area contributed by atoms with E-state index in [9.17, 15) is 18.0 Å². The van der Waals surface area contributed by atoms with E-state index in [1.165, 1.54) is 19.3 Å². The maximum absolute atomic E-state index is 13.5. The first kappa shape index (κ1) is 27.0. The lowest BCUT2D eigenvalue weighted by Gasteiger charge is -2.65. The molecule has 0 saturated heterocycles. The molecule has 4 fully saturated rings. The summed E-state index contributed by atoms with van der Waals surface area (Å²) in [5.41, 5.74) is 0.283. The molecule has 11 atom stereocenters. The molecule has 34 heavy (non-hydrogen) atoms. The number of ether oxygens (including phenoxy) is 1. The number of carbonyl (C=O) groups is 1. The van der Waals surface area contributed by atoms with E-state index in [-0.39, 0.29) is 22.7 Å². The van der Waals surface area contributed by atoms with Crippen molar-refractivity contribution < 1.29 is 22.7 Å². The van der Waals surface area contributed by atoms with Crippen molar-refractivity contribution in [2.45, 2.75) is 105 Å². The fraction of sp³-hybridized carbons (Fsp3) is 0.964. The average Bonchev–Trinajstić information content (AvgIpc) is 3.11. The number of rotatable bonds is 5. The zero-order valence-corrected chi connectivity index (χ0v) is 23.8. The van der Waals surface area contributed by atoms with Gasteiger partial charge in [0.1, 0.15) is 6.10 Å². The Balaban J connectivity index is 1.75. The van der Waals surface area contributed by atoms with Gasteiger partial charge in [-0.1, -0.05) is 63.6 Å². The van der Waals surface area contributed by atoms with Gasteiger partial charge in [-0.25, -0.2) is 4.79 Å². The van der Waals surface area contributed by atoms with Crippen LogP contribution in [-0.2, 0) is 9.53 Å². The molecule has 0 heterocycles. The van der Waals surface area contributed by atoms with Gasteiger partial charge in [0.2, 0.25) is 0 Å². The molecule has 6 heteroatoms. The number of hydrogen-bond donors (Lipinski definition) is 0. The molecule has 4 unspecified atom stereocenters. The zero-order valence-electron chi connectivity index (χ0n) is 21.6. The van der Waals surface area contributed by atoms with Crippen molar-refractivity contribution in [3.8, 4) is 0 Å². The van der Waals surface area contributed by atoms with Crippen molar-refractivity contribution in [1.82, 2.24) is 0 Å². The van der Waals surface area contributed by atoms with Crippen molar-refractivity contribution in [2.24, 2.45) is 58.2 Å². The highest BCUT2D eigenvalue weighted by Gasteiger charge is 2.66. The van der Waals surface area contributed by atoms with E-state index >= 15 is 0 Å². The fourth-order valence-electron chi connectivity index (χ4n) is 9.85. The van der Waals surface area contributed by atoms with Gasteiger partial charge in [0, 0.05) is 5.92 Å². The Kier molecular flexibility index (Phi) is 7.71. The highest BCUT2D eigenvalue weighted by Crippen LogP contribution is 2.70. The van der Waals surface area contributed by atoms with Crippen LogP contribution in [0.5, 0.6) is 0 Å². The Morgan fingerprint density at radius 1 is 1.06 bits per heavy atom. The van der Waals surface area contributed by atoms with Gasteiger partial charge in [-0.05, 0) is 108 Å². The summed E-state index contributed by atoms with van der Waals surface area (Å²) in [5, 5.41) is 0. The molecule has 0 radical (unpaired) electrons. The molecule has 0 spiro atoms. The fourth-order valence-corrected chi connectivity index (χ4v) is 10.8. The summed E-state index contributed by atoms with van der Waals surface area (Å²) in [7, 11) is 0. The van der Waals surface area contributed by atoms with Crippen LogP contribution in [0.2, 0.25) is 0 Å².